The van der Waals surface area contributed by atoms with Gasteiger partial charge in [-0.1, -0.05) is 57.0 Å². The first-order valence-corrected chi connectivity index (χ1v) is 11.1. The summed E-state index contributed by atoms with van der Waals surface area (Å²) in [6, 6.07) is 11.0. The van der Waals surface area contributed by atoms with Gasteiger partial charge < -0.3 is 5.32 Å². The van der Waals surface area contributed by atoms with Crippen molar-refractivity contribution in [2.45, 2.75) is 18.6 Å². The molecule has 150 valence electrons. The number of benzene rings is 2. The summed E-state index contributed by atoms with van der Waals surface area (Å²) in [5.74, 6) is 0.710. The standard InChI is InChI=1S/C20H17BrCl2N4OS/c1-3-8-27-19(13-4-7-16(22)17(23)10-13)25-26-20(27)29-11-18(28)24-14-5-6-15(21)12(2)9-14/h3-7,9-10H,1,8,11H2,2H3,(H,24,28). The summed E-state index contributed by atoms with van der Waals surface area (Å²) in [5, 5.41) is 12.9. The molecule has 2 aromatic carbocycles. The Bertz CT molecular complexity index is 1070. The monoisotopic (exact) mass is 510 g/mol. The summed E-state index contributed by atoms with van der Waals surface area (Å²) in [5.41, 5.74) is 2.59. The third-order valence-corrected chi connectivity index (χ3v) is 6.58. The number of aromatic nitrogens is 3. The van der Waals surface area contributed by atoms with E-state index in [-0.39, 0.29) is 11.7 Å². The Kier molecular flexibility index (Phi) is 7.40. The second kappa shape index (κ2) is 9.80. The first-order chi connectivity index (χ1) is 13.9. The molecule has 0 aliphatic heterocycles. The molecule has 1 aromatic heterocycles. The molecule has 1 heterocycles. The summed E-state index contributed by atoms with van der Waals surface area (Å²) in [7, 11) is 0. The van der Waals surface area contributed by atoms with E-state index in [0.29, 0.717) is 27.6 Å². The average molecular weight is 512 g/mol. The Morgan fingerprint density at radius 1 is 1.24 bits per heavy atom. The third-order valence-electron chi connectivity index (χ3n) is 3.98. The summed E-state index contributed by atoms with van der Waals surface area (Å²) >= 11 is 16.9. The summed E-state index contributed by atoms with van der Waals surface area (Å²) in [6.45, 7) is 6.26. The number of rotatable bonds is 7. The molecule has 0 radical (unpaired) electrons. The van der Waals surface area contributed by atoms with Gasteiger partial charge in [0.15, 0.2) is 11.0 Å². The maximum Gasteiger partial charge on any atom is 0.234 e. The molecule has 0 fully saturated rings. The molecule has 3 aromatic rings. The number of aryl methyl sites for hydroxylation is 1. The van der Waals surface area contributed by atoms with E-state index >= 15 is 0 Å². The molecule has 1 N–H and O–H groups in total. The fraction of sp³-hybridized carbons (Fsp3) is 0.150. The quantitative estimate of drug-likeness (QED) is 0.301. The highest BCUT2D eigenvalue weighted by atomic mass is 79.9. The SMILES string of the molecule is C=CCn1c(SCC(=O)Nc2ccc(Br)c(C)c2)nnc1-c1ccc(Cl)c(Cl)c1. The lowest BCUT2D eigenvalue weighted by atomic mass is 10.2. The van der Waals surface area contributed by atoms with Crippen LogP contribution in [0.15, 0.2) is 58.7 Å². The number of nitrogens with one attached hydrogen (secondary N) is 1. The highest BCUT2D eigenvalue weighted by Gasteiger charge is 2.16. The largest absolute Gasteiger partial charge is 0.325 e. The van der Waals surface area contributed by atoms with E-state index in [0.717, 1.165) is 21.3 Å². The Hall–Kier alpha value is -1.80. The highest BCUT2D eigenvalue weighted by Crippen LogP contribution is 2.30. The lowest BCUT2D eigenvalue weighted by molar-refractivity contribution is -0.113. The van der Waals surface area contributed by atoms with Gasteiger partial charge in [0.1, 0.15) is 0 Å². The van der Waals surface area contributed by atoms with Gasteiger partial charge in [-0.3, -0.25) is 9.36 Å². The number of hydrogen-bond acceptors (Lipinski definition) is 4. The number of carbonyl (C=O) groups is 1. The van der Waals surface area contributed by atoms with E-state index < -0.39 is 0 Å². The number of halogens is 3. The molecule has 9 heteroatoms. The first-order valence-electron chi connectivity index (χ1n) is 8.57. The number of carbonyl (C=O) groups excluding carboxylic acids is 1. The maximum absolute atomic E-state index is 12.4. The fourth-order valence-corrected chi connectivity index (χ4v) is 3.88. The molecule has 0 spiro atoms. The molecule has 3 rings (SSSR count). The zero-order valence-electron chi connectivity index (χ0n) is 15.5. The van der Waals surface area contributed by atoms with Crippen LogP contribution in [0.5, 0.6) is 0 Å². The van der Waals surface area contributed by atoms with Crippen molar-refractivity contribution in [2.24, 2.45) is 0 Å². The number of thioether (sulfide) groups is 1. The molecule has 0 atom stereocenters. The molecule has 1 amide bonds. The van der Waals surface area contributed by atoms with Gasteiger partial charge in [0.2, 0.25) is 5.91 Å². The van der Waals surface area contributed by atoms with Crippen molar-refractivity contribution in [3.05, 3.63) is 69.1 Å². The second-order valence-corrected chi connectivity index (χ2v) is 8.75. The molecular weight excluding hydrogens is 495 g/mol. The predicted molar refractivity (Wildman–Crippen MR) is 124 cm³/mol. The van der Waals surface area contributed by atoms with Gasteiger partial charge in [-0.2, -0.15) is 0 Å². The van der Waals surface area contributed by atoms with Crippen LogP contribution in [0.3, 0.4) is 0 Å². The van der Waals surface area contributed by atoms with Gasteiger partial charge in [0, 0.05) is 22.3 Å². The Labute approximate surface area is 191 Å². The van der Waals surface area contributed by atoms with Crippen LogP contribution in [0.25, 0.3) is 11.4 Å². The van der Waals surface area contributed by atoms with Crippen molar-refractivity contribution >= 4 is 62.5 Å². The van der Waals surface area contributed by atoms with Gasteiger partial charge >= 0.3 is 0 Å². The van der Waals surface area contributed by atoms with E-state index in [2.05, 4.69) is 38.0 Å². The van der Waals surface area contributed by atoms with Crippen LogP contribution in [-0.2, 0) is 11.3 Å². The molecule has 0 bridgehead atoms. The van der Waals surface area contributed by atoms with Crippen molar-refractivity contribution in [1.82, 2.24) is 14.8 Å². The summed E-state index contributed by atoms with van der Waals surface area (Å²) < 4.78 is 2.88. The third kappa shape index (κ3) is 5.42. The number of hydrogen-bond donors (Lipinski definition) is 1. The molecular formula is C20H17BrCl2N4OS. The minimum Gasteiger partial charge on any atom is -0.325 e. The van der Waals surface area contributed by atoms with Crippen molar-refractivity contribution in [2.75, 3.05) is 11.1 Å². The molecule has 5 nitrogen and oxygen atoms in total. The van der Waals surface area contributed by atoms with E-state index in [1.807, 2.05) is 35.8 Å². The number of nitrogens with zero attached hydrogens (tertiary/aromatic N) is 3. The predicted octanol–water partition coefficient (Wildman–Crippen LogP) is 6.24. The van der Waals surface area contributed by atoms with Gasteiger partial charge in [0.25, 0.3) is 0 Å². The van der Waals surface area contributed by atoms with E-state index in [4.69, 9.17) is 23.2 Å². The fourth-order valence-electron chi connectivity index (χ4n) is 2.59. The summed E-state index contributed by atoms with van der Waals surface area (Å²) in [6.07, 6.45) is 1.75. The molecule has 29 heavy (non-hydrogen) atoms. The van der Waals surface area contributed by atoms with Gasteiger partial charge in [-0.25, -0.2) is 0 Å². The van der Waals surface area contributed by atoms with E-state index in [9.17, 15) is 4.79 Å². The van der Waals surface area contributed by atoms with Crippen LogP contribution in [0, 0.1) is 6.92 Å². The highest BCUT2D eigenvalue weighted by molar-refractivity contribution is 9.10. The average Bonchev–Trinajstić information content (AvgIpc) is 3.08. The van der Waals surface area contributed by atoms with Crippen LogP contribution < -0.4 is 5.32 Å². The zero-order valence-corrected chi connectivity index (χ0v) is 19.4. The van der Waals surface area contributed by atoms with Crippen molar-refractivity contribution < 1.29 is 4.79 Å². The Morgan fingerprint density at radius 3 is 2.72 bits per heavy atom. The van der Waals surface area contributed by atoms with Crippen molar-refractivity contribution in [1.29, 1.82) is 0 Å². The normalized spacial score (nSPS) is 10.8. The van der Waals surface area contributed by atoms with Gasteiger partial charge in [-0.15, -0.1) is 16.8 Å². The topological polar surface area (TPSA) is 59.8 Å². The second-order valence-electron chi connectivity index (χ2n) is 6.14. The molecule has 0 aliphatic carbocycles. The van der Waals surface area contributed by atoms with Gasteiger partial charge in [0.05, 0.1) is 15.8 Å². The van der Waals surface area contributed by atoms with Gasteiger partial charge in [-0.05, 0) is 48.9 Å². The van der Waals surface area contributed by atoms with Crippen LogP contribution in [-0.4, -0.2) is 26.4 Å². The minimum absolute atomic E-state index is 0.124. The lowest BCUT2D eigenvalue weighted by Crippen LogP contribution is -2.14. The Balaban J connectivity index is 1.74. The molecule has 0 unspecified atom stereocenters. The van der Waals surface area contributed by atoms with Crippen molar-refractivity contribution in [3.8, 4) is 11.4 Å². The van der Waals surface area contributed by atoms with Crippen LogP contribution >= 0.6 is 50.9 Å². The van der Waals surface area contributed by atoms with Crippen LogP contribution in [0.4, 0.5) is 5.69 Å². The maximum atomic E-state index is 12.4. The number of anilines is 1. The lowest BCUT2D eigenvalue weighted by Gasteiger charge is -2.09. The number of allylic oxidation sites excluding steroid dienone is 1. The molecule has 0 aliphatic rings. The smallest absolute Gasteiger partial charge is 0.234 e. The van der Waals surface area contributed by atoms with E-state index in [1.54, 1.807) is 18.2 Å². The molecule has 0 saturated carbocycles. The van der Waals surface area contributed by atoms with Crippen LogP contribution in [0.1, 0.15) is 5.56 Å². The first kappa shape index (κ1) is 21.9. The summed E-state index contributed by atoms with van der Waals surface area (Å²) in [4.78, 5) is 12.4. The van der Waals surface area contributed by atoms with Crippen LogP contribution in [0.2, 0.25) is 10.0 Å². The number of amides is 1. The zero-order chi connectivity index (χ0) is 21.0. The van der Waals surface area contributed by atoms with E-state index in [1.165, 1.54) is 11.8 Å². The minimum atomic E-state index is -0.124. The molecule has 0 saturated heterocycles. The van der Waals surface area contributed by atoms with Crippen molar-refractivity contribution in [3.63, 3.8) is 0 Å². The Morgan fingerprint density at radius 2 is 2.03 bits per heavy atom.